The summed E-state index contributed by atoms with van der Waals surface area (Å²) in [5, 5.41) is 4.28. The molecule has 0 fully saturated rings. The van der Waals surface area contributed by atoms with Crippen LogP contribution in [0.25, 0.3) is 0 Å². The van der Waals surface area contributed by atoms with Gasteiger partial charge in [0.1, 0.15) is 5.75 Å². The van der Waals surface area contributed by atoms with E-state index in [0.29, 0.717) is 11.8 Å². The summed E-state index contributed by atoms with van der Waals surface area (Å²) in [5.41, 5.74) is 2.52. The Bertz CT molecular complexity index is 498. The van der Waals surface area contributed by atoms with E-state index < -0.39 is 0 Å². The molecule has 1 N–H and O–H groups in total. The van der Waals surface area contributed by atoms with Gasteiger partial charge < -0.3 is 10.1 Å². The van der Waals surface area contributed by atoms with Gasteiger partial charge >= 0.3 is 0 Å². The summed E-state index contributed by atoms with van der Waals surface area (Å²) in [6.07, 6.45) is 5.83. The summed E-state index contributed by atoms with van der Waals surface area (Å²) in [5.74, 6) is 2.26. The lowest BCUT2D eigenvalue weighted by Crippen LogP contribution is -2.20. The standard InChI is InChI=1S/C18H26ClNO/c1-4-7-21-18-6-5-16(19)11-17(18)20-12-15-9-13(2)8-14(3)10-15/h5-6,8,11,13,15,20H,4,7,9-10,12H2,1-3H3. The van der Waals surface area contributed by atoms with Crippen molar-refractivity contribution in [3.8, 4) is 5.75 Å². The second-order valence-electron chi connectivity index (χ2n) is 6.17. The molecule has 1 aliphatic rings. The van der Waals surface area contributed by atoms with Gasteiger partial charge in [0.2, 0.25) is 0 Å². The molecule has 2 nitrogen and oxygen atoms in total. The molecule has 0 heterocycles. The zero-order valence-corrected chi connectivity index (χ0v) is 14.0. The molecule has 2 rings (SSSR count). The highest BCUT2D eigenvalue weighted by Crippen LogP contribution is 2.31. The Morgan fingerprint density at radius 1 is 1.38 bits per heavy atom. The van der Waals surface area contributed by atoms with Gasteiger partial charge in [-0.2, -0.15) is 0 Å². The van der Waals surface area contributed by atoms with E-state index in [1.54, 1.807) is 0 Å². The second kappa shape index (κ2) is 7.74. The van der Waals surface area contributed by atoms with Crippen molar-refractivity contribution in [2.45, 2.75) is 40.0 Å². The highest BCUT2D eigenvalue weighted by atomic mass is 35.5. The zero-order chi connectivity index (χ0) is 15.2. The molecule has 0 aliphatic heterocycles. The monoisotopic (exact) mass is 307 g/mol. The zero-order valence-electron chi connectivity index (χ0n) is 13.3. The smallest absolute Gasteiger partial charge is 0.142 e. The number of nitrogens with one attached hydrogen (secondary N) is 1. The van der Waals surface area contributed by atoms with E-state index in [4.69, 9.17) is 16.3 Å². The molecule has 0 bridgehead atoms. The third-order valence-corrected chi connectivity index (χ3v) is 4.10. The minimum atomic E-state index is 0.681. The van der Waals surface area contributed by atoms with Crippen molar-refractivity contribution in [1.82, 2.24) is 0 Å². The Morgan fingerprint density at radius 2 is 2.19 bits per heavy atom. The highest BCUT2D eigenvalue weighted by molar-refractivity contribution is 6.30. The average molecular weight is 308 g/mol. The third-order valence-electron chi connectivity index (χ3n) is 3.87. The molecule has 2 atom stereocenters. The van der Waals surface area contributed by atoms with Crippen LogP contribution in [-0.4, -0.2) is 13.2 Å². The van der Waals surface area contributed by atoms with Gasteiger partial charge in [0, 0.05) is 11.6 Å². The summed E-state index contributed by atoms with van der Waals surface area (Å²) >= 11 is 6.11. The first-order valence-electron chi connectivity index (χ1n) is 7.92. The molecule has 0 saturated carbocycles. The van der Waals surface area contributed by atoms with Crippen LogP contribution in [0.1, 0.15) is 40.0 Å². The normalized spacial score (nSPS) is 21.8. The first kappa shape index (κ1) is 16.2. The lowest BCUT2D eigenvalue weighted by Gasteiger charge is -2.26. The minimum Gasteiger partial charge on any atom is -0.491 e. The fourth-order valence-corrected chi connectivity index (χ4v) is 3.25. The molecule has 116 valence electrons. The van der Waals surface area contributed by atoms with Gasteiger partial charge in [0.15, 0.2) is 0 Å². The first-order valence-corrected chi connectivity index (χ1v) is 8.29. The van der Waals surface area contributed by atoms with E-state index in [1.165, 1.54) is 18.4 Å². The minimum absolute atomic E-state index is 0.681. The maximum absolute atomic E-state index is 6.11. The Kier molecular flexibility index (Phi) is 5.98. The highest BCUT2D eigenvalue weighted by Gasteiger charge is 2.18. The topological polar surface area (TPSA) is 21.3 Å². The molecule has 0 spiro atoms. The van der Waals surface area contributed by atoms with E-state index in [0.717, 1.165) is 36.0 Å². The Balaban J connectivity index is 1.98. The van der Waals surface area contributed by atoms with Crippen molar-refractivity contribution in [2.24, 2.45) is 11.8 Å². The number of hydrogen-bond acceptors (Lipinski definition) is 2. The summed E-state index contributed by atoms with van der Waals surface area (Å²) in [4.78, 5) is 0. The van der Waals surface area contributed by atoms with Crippen LogP contribution < -0.4 is 10.1 Å². The van der Waals surface area contributed by atoms with Crippen molar-refractivity contribution in [3.05, 3.63) is 34.9 Å². The molecule has 0 saturated heterocycles. The van der Waals surface area contributed by atoms with Crippen LogP contribution in [0.4, 0.5) is 5.69 Å². The lowest BCUT2D eigenvalue weighted by atomic mass is 9.84. The van der Waals surface area contributed by atoms with Crippen LogP contribution in [0.15, 0.2) is 29.8 Å². The Hall–Kier alpha value is -1.15. The summed E-state index contributed by atoms with van der Waals surface area (Å²) in [6.45, 7) is 8.35. The summed E-state index contributed by atoms with van der Waals surface area (Å²) in [7, 11) is 0. The molecular weight excluding hydrogens is 282 g/mol. The third kappa shape index (κ3) is 4.96. The van der Waals surface area contributed by atoms with Crippen LogP contribution in [-0.2, 0) is 0 Å². The fourth-order valence-electron chi connectivity index (χ4n) is 3.07. The molecule has 1 aromatic carbocycles. The molecular formula is C18H26ClNO. The van der Waals surface area contributed by atoms with Crippen molar-refractivity contribution in [2.75, 3.05) is 18.5 Å². The first-order chi connectivity index (χ1) is 10.1. The van der Waals surface area contributed by atoms with Crippen LogP contribution in [0.5, 0.6) is 5.75 Å². The van der Waals surface area contributed by atoms with E-state index in [-0.39, 0.29) is 0 Å². The quantitative estimate of drug-likeness (QED) is 0.697. The number of allylic oxidation sites excluding steroid dienone is 2. The predicted molar refractivity (Wildman–Crippen MR) is 91.4 cm³/mol. The van der Waals surface area contributed by atoms with Gasteiger partial charge in [-0.3, -0.25) is 0 Å². The van der Waals surface area contributed by atoms with Crippen LogP contribution >= 0.6 is 11.6 Å². The SMILES string of the molecule is CCCOc1ccc(Cl)cc1NCC1CC(C)=CC(C)C1. The summed E-state index contributed by atoms with van der Waals surface area (Å²) in [6, 6.07) is 5.80. The lowest BCUT2D eigenvalue weighted by molar-refractivity contribution is 0.318. The maximum Gasteiger partial charge on any atom is 0.142 e. The van der Waals surface area contributed by atoms with Gasteiger partial charge in [-0.15, -0.1) is 0 Å². The molecule has 1 aliphatic carbocycles. The van der Waals surface area contributed by atoms with Crippen LogP contribution in [0, 0.1) is 11.8 Å². The van der Waals surface area contributed by atoms with Gasteiger partial charge in [-0.1, -0.05) is 37.1 Å². The molecule has 1 aromatic rings. The maximum atomic E-state index is 6.11. The van der Waals surface area contributed by atoms with E-state index in [2.05, 4.69) is 32.2 Å². The van der Waals surface area contributed by atoms with E-state index in [1.807, 2.05) is 18.2 Å². The van der Waals surface area contributed by atoms with E-state index >= 15 is 0 Å². The number of rotatable bonds is 6. The van der Waals surface area contributed by atoms with Crippen LogP contribution in [0.3, 0.4) is 0 Å². The number of ether oxygens (including phenoxy) is 1. The molecule has 0 amide bonds. The average Bonchev–Trinajstić information content (AvgIpc) is 2.43. The molecule has 2 unspecified atom stereocenters. The van der Waals surface area contributed by atoms with Gasteiger partial charge in [0.25, 0.3) is 0 Å². The van der Waals surface area contributed by atoms with Crippen molar-refractivity contribution in [1.29, 1.82) is 0 Å². The number of anilines is 1. The molecule has 0 radical (unpaired) electrons. The Morgan fingerprint density at radius 3 is 2.90 bits per heavy atom. The van der Waals surface area contributed by atoms with Crippen molar-refractivity contribution < 1.29 is 4.74 Å². The molecule has 0 aromatic heterocycles. The van der Waals surface area contributed by atoms with Crippen molar-refractivity contribution >= 4 is 17.3 Å². The summed E-state index contributed by atoms with van der Waals surface area (Å²) < 4.78 is 5.79. The fraction of sp³-hybridized carbons (Fsp3) is 0.556. The second-order valence-corrected chi connectivity index (χ2v) is 6.60. The van der Waals surface area contributed by atoms with Crippen LogP contribution in [0.2, 0.25) is 5.02 Å². The number of halogens is 1. The number of benzene rings is 1. The number of hydrogen-bond donors (Lipinski definition) is 1. The largest absolute Gasteiger partial charge is 0.491 e. The molecule has 3 heteroatoms. The van der Waals surface area contributed by atoms with E-state index in [9.17, 15) is 0 Å². The van der Waals surface area contributed by atoms with Gasteiger partial charge in [0.05, 0.1) is 12.3 Å². The van der Waals surface area contributed by atoms with Gasteiger partial charge in [-0.25, -0.2) is 0 Å². The molecule has 21 heavy (non-hydrogen) atoms. The predicted octanol–water partition coefficient (Wildman–Crippen LogP) is 5.53. The van der Waals surface area contributed by atoms with Crippen molar-refractivity contribution in [3.63, 3.8) is 0 Å². The Labute approximate surface area is 133 Å². The van der Waals surface area contributed by atoms with Gasteiger partial charge in [-0.05, 0) is 56.2 Å².